The summed E-state index contributed by atoms with van der Waals surface area (Å²) in [5.41, 5.74) is 1.85. The van der Waals surface area contributed by atoms with Crippen LogP contribution in [0.1, 0.15) is 15.9 Å². The van der Waals surface area contributed by atoms with Crippen LogP contribution < -0.4 is 20.1 Å². The van der Waals surface area contributed by atoms with Gasteiger partial charge in [0.15, 0.2) is 6.61 Å². The Hall–Kier alpha value is -3.87. The van der Waals surface area contributed by atoms with E-state index in [0.29, 0.717) is 29.3 Å². The van der Waals surface area contributed by atoms with Crippen molar-refractivity contribution in [2.45, 2.75) is 6.54 Å². The third kappa shape index (κ3) is 6.07. The number of hydrogen-bond donors (Lipinski definition) is 2. The Kier molecular flexibility index (Phi) is 7.00. The van der Waals surface area contributed by atoms with E-state index >= 15 is 0 Å². The lowest BCUT2D eigenvalue weighted by atomic mass is 10.2. The highest BCUT2D eigenvalue weighted by atomic mass is 19.1. The highest BCUT2D eigenvalue weighted by Gasteiger charge is 2.08. The van der Waals surface area contributed by atoms with Gasteiger partial charge in [-0.15, -0.1) is 0 Å². The number of carbonyl (C=O) groups is 2. The van der Waals surface area contributed by atoms with Gasteiger partial charge in [0.1, 0.15) is 17.3 Å². The van der Waals surface area contributed by atoms with Gasteiger partial charge in [-0.1, -0.05) is 18.2 Å². The van der Waals surface area contributed by atoms with Crippen LogP contribution in [0, 0.1) is 5.82 Å². The molecule has 2 N–H and O–H groups in total. The Bertz CT molecular complexity index is 1000. The van der Waals surface area contributed by atoms with Gasteiger partial charge in [0.2, 0.25) is 0 Å². The lowest BCUT2D eigenvalue weighted by Gasteiger charge is -2.09. The number of benzene rings is 3. The quantitative estimate of drug-likeness (QED) is 0.595. The number of ether oxygens (including phenoxy) is 2. The van der Waals surface area contributed by atoms with E-state index in [9.17, 15) is 14.0 Å². The Morgan fingerprint density at radius 2 is 1.67 bits per heavy atom. The molecule has 6 nitrogen and oxygen atoms in total. The van der Waals surface area contributed by atoms with E-state index in [1.165, 1.54) is 12.1 Å². The van der Waals surface area contributed by atoms with Crippen molar-refractivity contribution in [3.8, 4) is 11.5 Å². The number of nitrogens with one attached hydrogen (secondary N) is 2. The van der Waals surface area contributed by atoms with E-state index in [4.69, 9.17) is 9.47 Å². The number of anilines is 1. The van der Waals surface area contributed by atoms with Crippen molar-refractivity contribution >= 4 is 17.5 Å². The van der Waals surface area contributed by atoms with Crippen molar-refractivity contribution in [1.29, 1.82) is 0 Å². The second-order valence-electron chi connectivity index (χ2n) is 6.40. The number of carbonyl (C=O) groups excluding carboxylic acids is 2. The maximum Gasteiger partial charge on any atom is 0.262 e. The fourth-order valence-corrected chi connectivity index (χ4v) is 2.64. The van der Waals surface area contributed by atoms with Crippen LogP contribution in [0.15, 0.2) is 72.8 Å². The molecular formula is C23H21FN2O4. The molecule has 0 bridgehead atoms. The Morgan fingerprint density at radius 1 is 0.933 bits per heavy atom. The molecule has 0 unspecified atom stereocenters. The van der Waals surface area contributed by atoms with E-state index in [0.717, 1.165) is 5.56 Å². The van der Waals surface area contributed by atoms with Crippen LogP contribution in [0.25, 0.3) is 0 Å². The molecule has 0 aliphatic carbocycles. The van der Waals surface area contributed by atoms with E-state index in [1.807, 2.05) is 0 Å². The number of methoxy groups -OCH3 is 1. The number of hydrogen-bond acceptors (Lipinski definition) is 4. The predicted octanol–water partition coefficient (Wildman–Crippen LogP) is 3.78. The molecule has 0 saturated heterocycles. The van der Waals surface area contributed by atoms with E-state index in [2.05, 4.69) is 10.6 Å². The zero-order chi connectivity index (χ0) is 21.3. The zero-order valence-corrected chi connectivity index (χ0v) is 16.4. The van der Waals surface area contributed by atoms with Gasteiger partial charge >= 0.3 is 0 Å². The monoisotopic (exact) mass is 408 g/mol. The maximum atomic E-state index is 12.9. The summed E-state index contributed by atoms with van der Waals surface area (Å²) in [5, 5.41) is 5.49. The van der Waals surface area contributed by atoms with Crippen LogP contribution in [-0.2, 0) is 11.3 Å². The Labute approximate surface area is 173 Å². The van der Waals surface area contributed by atoms with E-state index < -0.39 is 0 Å². The molecule has 0 spiro atoms. The number of rotatable bonds is 8. The van der Waals surface area contributed by atoms with Crippen molar-refractivity contribution in [3.63, 3.8) is 0 Å². The van der Waals surface area contributed by atoms with E-state index in [-0.39, 0.29) is 24.2 Å². The van der Waals surface area contributed by atoms with Crippen LogP contribution in [0.3, 0.4) is 0 Å². The Morgan fingerprint density at radius 3 is 2.37 bits per heavy atom. The molecule has 0 aromatic heterocycles. The molecule has 0 aliphatic rings. The molecule has 0 heterocycles. The highest BCUT2D eigenvalue weighted by Crippen LogP contribution is 2.17. The largest absolute Gasteiger partial charge is 0.497 e. The van der Waals surface area contributed by atoms with Gasteiger partial charge < -0.3 is 20.1 Å². The average molecular weight is 408 g/mol. The third-order valence-corrected chi connectivity index (χ3v) is 4.21. The van der Waals surface area contributed by atoms with Gasteiger partial charge in [-0.3, -0.25) is 9.59 Å². The van der Waals surface area contributed by atoms with Crippen LogP contribution >= 0.6 is 0 Å². The maximum absolute atomic E-state index is 12.9. The lowest BCUT2D eigenvalue weighted by molar-refractivity contribution is -0.118. The smallest absolute Gasteiger partial charge is 0.262 e. The second kappa shape index (κ2) is 10.1. The standard InChI is InChI=1S/C23H21FN2O4/c1-29-21-4-2-3-19(13-21)26-22(27)15-30-20-11-7-17(8-12-20)23(28)25-14-16-5-9-18(24)10-6-16/h2-13H,14-15H2,1H3,(H,25,28)(H,26,27). The van der Waals surface area contributed by atoms with Crippen LogP contribution in [0.2, 0.25) is 0 Å². The molecule has 7 heteroatoms. The van der Waals surface area contributed by atoms with Gasteiger partial charge in [0.05, 0.1) is 7.11 Å². The van der Waals surface area contributed by atoms with Crippen LogP contribution in [0.5, 0.6) is 11.5 Å². The predicted molar refractivity (Wildman–Crippen MR) is 111 cm³/mol. The normalized spacial score (nSPS) is 10.2. The van der Waals surface area contributed by atoms with Crippen molar-refractivity contribution in [2.75, 3.05) is 19.0 Å². The first-order valence-corrected chi connectivity index (χ1v) is 9.23. The molecule has 0 aliphatic heterocycles. The molecule has 0 fully saturated rings. The number of halogens is 1. The van der Waals surface area contributed by atoms with E-state index in [1.54, 1.807) is 67.8 Å². The lowest BCUT2D eigenvalue weighted by Crippen LogP contribution is -2.22. The summed E-state index contributed by atoms with van der Waals surface area (Å²) >= 11 is 0. The molecule has 154 valence electrons. The second-order valence-corrected chi connectivity index (χ2v) is 6.40. The van der Waals surface area contributed by atoms with Gasteiger partial charge in [0.25, 0.3) is 11.8 Å². The zero-order valence-electron chi connectivity index (χ0n) is 16.4. The molecular weight excluding hydrogens is 387 g/mol. The van der Waals surface area contributed by atoms with Gasteiger partial charge in [-0.25, -0.2) is 4.39 Å². The minimum Gasteiger partial charge on any atom is -0.497 e. The molecule has 0 radical (unpaired) electrons. The summed E-state index contributed by atoms with van der Waals surface area (Å²) in [6.07, 6.45) is 0. The van der Waals surface area contributed by atoms with Crippen molar-refractivity contribution in [1.82, 2.24) is 5.32 Å². The van der Waals surface area contributed by atoms with Gasteiger partial charge in [-0.2, -0.15) is 0 Å². The highest BCUT2D eigenvalue weighted by molar-refractivity contribution is 5.94. The molecule has 3 rings (SSSR count). The summed E-state index contributed by atoms with van der Waals surface area (Å²) in [6.45, 7) is 0.120. The molecule has 2 amide bonds. The summed E-state index contributed by atoms with van der Waals surface area (Å²) < 4.78 is 23.5. The Balaban J connectivity index is 1.47. The van der Waals surface area contributed by atoms with Crippen molar-refractivity contribution in [3.05, 3.63) is 89.7 Å². The third-order valence-electron chi connectivity index (χ3n) is 4.21. The summed E-state index contributed by atoms with van der Waals surface area (Å²) in [5.74, 6) is 0.205. The first-order chi connectivity index (χ1) is 14.5. The molecule has 3 aromatic carbocycles. The fraction of sp³-hybridized carbons (Fsp3) is 0.130. The number of amides is 2. The first kappa shape index (κ1) is 20.9. The van der Waals surface area contributed by atoms with Crippen LogP contribution in [-0.4, -0.2) is 25.5 Å². The molecule has 0 atom stereocenters. The summed E-state index contributed by atoms with van der Waals surface area (Å²) in [6, 6.07) is 19.4. The molecule has 3 aromatic rings. The SMILES string of the molecule is COc1cccc(NC(=O)COc2ccc(C(=O)NCc3ccc(F)cc3)cc2)c1. The summed E-state index contributed by atoms with van der Waals surface area (Å²) in [4.78, 5) is 24.3. The first-order valence-electron chi connectivity index (χ1n) is 9.23. The topological polar surface area (TPSA) is 76.7 Å². The minimum absolute atomic E-state index is 0.173. The summed E-state index contributed by atoms with van der Waals surface area (Å²) in [7, 11) is 1.55. The van der Waals surface area contributed by atoms with Crippen molar-refractivity contribution in [2.24, 2.45) is 0 Å². The fourth-order valence-electron chi connectivity index (χ4n) is 2.64. The van der Waals surface area contributed by atoms with Crippen molar-refractivity contribution < 1.29 is 23.5 Å². The average Bonchev–Trinajstić information content (AvgIpc) is 2.77. The molecule has 30 heavy (non-hydrogen) atoms. The van der Waals surface area contributed by atoms with Gasteiger partial charge in [-0.05, 0) is 54.1 Å². The van der Waals surface area contributed by atoms with Crippen LogP contribution in [0.4, 0.5) is 10.1 Å². The minimum atomic E-state index is -0.321. The molecule has 0 saturated carbocycles. The van der Waals surface area contributed by atoms with Gasteiger partial charge in [0, 0.05) is 23.9 Å².